The molecule has 0 unspecified atom stereocenters. The molecule has 7 nitrogen and oxygen atoms in total. The summed E-state index contributed by atoms with van der Waals surface area (Å²) in [5.74, 6) is 0.819. The Morgan fingerprint density at radius 3 is 2.56 bits per heavy atom. The van der Waals surface area contributed by atoms with Crippen LogP contribution in [0.25, 0.3) is 28.1 Å². The van der Waals surface area contributed by atoms with E-state index in [4.69, 9.17) is 10.3 Å². The molecule has 4 aromatic rings. The molecule has 7 heteroatoms. The Labute approximate surface area is 155 Å². The third-order valence-electron chi connectivity index (χ3n) is 4.43. The Morgan fingerprint density at radius 1 is 1.19 bits per heavy atom. The van der Waals surface area contributed by atoms with Gasteiger partial charge in [-0.25, -0.2) is 9.97 Å². The predicted molar refractivity (Wildman–Crippen MR) is 101 cm³/mol. The molecule has 0 amide bonds. The van der Waals surface area contributed by atoms with Gasteiger partial charge in [-0.05, 0) is 32.0 Å². The lowest BCUT2D eigenvalue weighted by Crippen LogP contribution is -2.00. The Bertz CT molecular complexity index is 1130. The topological polar surface area (TPSA) is 107 Å². The van der Waals surface area contributed by atoms with Gasteiger partial charge in [0.25, 0.3) is 0 Å². The number of nitrogens with two attached hydrogens (primary N) is 1. The van der Waals surface area contributed by atoms with Gasteiger partial charge in [0.05, 0.1) is 17.7 Å². The minimum atomic E-state index is 0.184. The number of nitriles is 1. The maximum Gasteiger partial charge on any atom is 0.142 e. The third kappa shape index (κ3) is 2.83. The van der Waals surface area contributed by atoms with E-state index in [1.165, 1.54) is 0 Å². The van der Waals surface area contributed by atoms with E-state index in [9.17, 15) is 5.26 Å². The summed E-state index contributed by atoms with van der Waals surface area (Å²) in [6.07, 6.45) is 5.34. The van der Waals surface area contributed by atoms with Crippen LogP contribution >= 0.6 is 0 Å². The number of hydrogen-bond donors (Lipinski definition) is 1. The molecule has 0 aliphatic heterocycles. The van der Waals surface area contributed by atoms with Crippen LogP contribution in [0.1, 0.15) is 17.0 Å². The van der Waals surface area contributed by atoms with E-state index in [2.05, 4.69) is 21.2 Å². The van der Waals surface area contributed by atoms with Crippen molar-refractivity contribution in [1.82, 2.24) is 19.7 Å². The van der Waals surface area contributed by atoms with Gasteiger partial charge in [0.15, 0.2) is 0 Å². The zero-order chi connectivity index (χ0) is 19.0. The van der Waals surface area contributed by atoms with Crippen molar-refractivity contribution in [2.45, 2.75) is 13.8 Å². The van der Waals surface area contributed by atoms with E-state index in [0.29, 0.717) is 28.3 Å². The highest BCUT2D eigenvalue weighted by molar-refractivity contribution is 5.82. The van der Waals surface area contributed by atoms with Gasteiger partial charge in [-0.1, -0.05) is 17.3 Å². The number of hydrogen-bond acceptors (Lipinski definition) is 6. The summed E-state index contributed by atoms with van der Waals surface area (Å²) < 4.78 is 7.18. The van der Waals surface area contributed by atoms with Gasteiger partial charge in [0.2, 0.25) is 0 Å². The van der Waals surface area contributed by atoms with Crippen LogP contribution in [0.4, 0.5) is 5.82 Å². The molecule has 0 bridgehead atoms. The fraction of sp³-hybridized carbons (Fsp3) is 0.100. The molecule has 0 saturated carbocycles. The Balaban J connectivity index is 1.84. The predicted octanol–water partition coefficient (Wildman–Crippen LogP) is 3.66. The number of nitrogens with zero attached hydrogens (tertiary/aromatic N) is 5. The molecule has 0 saturated heterocycles. The standard InChI is InChI=1S/C20H16N6O/c1-12-19(13(2)27-25-12)16-9-18(24-20(22)17(16)10-21)14-3-5-15(6-4-14)26-8-7-23-11-26/h3-9,11H,1-2H3,(H2,22,24). The number of anilines is 1. The average molecular weight is 356 g/mol. The molecule has 4 rings (SSSR count). The summed E-state index contributed by atoms with van der Waals surface area (Å²) in [5.41, 5.74) is 11.1. The van der Waals surface area contributed by atoms with Crippen LogP contribution < -0.4 is 5.73 Å². The highest BCUT2D eigenvalue weighted by Gasteiger charge is 2.19. The zero-order valence-corrected chi connectivity index (χ0v) is 14.8. The van der Waals surface area contributed by atoms with Crippen LogP contribution in [0, 0.1) is 25.2 Å². The summed E-state index contributed by atoms with van der Waals surface area (Å²) in [6, 6.07) is 11.9. The first-order chi connectivity index (χ1) is 13.1. The van der Waals surface area contributed by atoms with Gasteiger partial charge in [-0.2, -0.15) is 5.26 Å². The summed E-state index contributed by atoms with van der Waals surface area (Å²) in [7, 11) is 0. The van der Waals surface area contributed by atoms with E-state index in [-0.39, 0.29) is 5.82 Å². The fourth-order valence-electron chi connectivity index (χ4n) is 3.11. The number of aryl methyl sites for hydroxylation is 2. The molecule has 27 heavy (non-hydrogen) atoms. The molecule has 0 fully saturated rings. The van der Waals surface area contributed by atoms with Crippen molar-refractivity contribution in [2.24, 2.45) is 0 Å². The molecule has 2 N–H and O–H groups in total. The lowest BCUT2D eigenvalue weighted by Gasteiger charge is -2.10. The number of benzene rings is 1. The average Bonchev–Trinajstić information content (AvgIpc) is 3.31. The second kappa shape index (κ2) is 6.42. The number of rotatable bonds is 3. The van der Waals surface area contributed by atoms with E-state index >= 15 is 0 Å². The highest BCUT2D eigenvalue weighted by atomic mass is 16.5. The van der Waals surface area contributed by atoms with Crippen LogP contribution in [0.2, 0.25) is 0 Å². The van der Waals surface area contributed by atoms with Gasteiger partial charge in [-0.3, -0.25) is 0 Å². The van der Waals surface area contributed by atoms with E-state index in [1.807, 2.05) is 54.9 Å². The quantitative estimate of drug-likeness (QED) is 0.600. The summed E-state index contributed by atoms with van der Waals surface area (Å²) >= 11 is 0. The minimum Gasteiger partial charge on any atom is -0.383 e. The monoisotopic (exact) mass is 356 g/mol. The van der Waals surface area contributed by atoms with E-state index in [1.54, 1.807) is 12.5 Å². The molecule has 0 aliphatic carbocycles. The summed E-state index contributed by atoms with van der Waals surface area (Å²) in [5, 5.41) is 13.5. The van der Waals surface area contributed by atoms with E-state index in [0.717, 1.165) is 16.8 Å². The number of aromatic nitrogens is 4. The first-order valence-electron chi connectivity index (χ1n) is 8.31. The molecule has 0 spiro atoms. The fourth-order valence-corrected chi connectivity index (χ4v) is 3.11. The minimum absolute atomic E-state index is 0.184. The van der Waals surface area contributed by atoms with Crippen LogP contribution in [0.15, 0.2) is 53.6 Å². The molecule has 0 aliphatic rings. The molecule has 0 radical (unpaired) electrons. The van der Waals surface area contributed by atoms with Crippen LogP contribution in [-0.2, 0) is 0 Å². The largest absolute Gasteiger partial charge is 0.383 e. The lowest BCUT2D eigenvalue weighted by atomic mass is 9.97. The van der Waals surface area contributed by atoms with Crippen molar-refractivity contribution in [3.63, 3.8) is 0 Å². The van der Waals surface area contributed by atoms with Crippen molar-refractivity contribution >= 4 is 5.82 Å². The first-order valence-corrected chi connectivity index (χ1v) is 8.31. The second-order valence-corrected chi connectivity index (χ2v) is 6.14. The maximum absolute atomic E-state index is 9.55. The molecule has 3 aromatic heterocycles. The lowest BCUT2D eigenvalue weighted by molar-refractivity contribution is 0.393. The van der Waals surface area contributed by atoms with Crippen molar-refractivity contribution in [2.75, 3.05) is 5.73 Å². The van der Waals surface area contributed by atoms with Crippen LogP contribution in [0.5, 0.6) is 0 Å². The Morgan fingerprint density at radius 2 is 1.96 bits per heavy atom. The summed E-state index contributed by atoms with van der Waals surface area (Å²) in [4.78, 5) is 8.48. The van der Waals surface area contributed by atoms with Crippen LogP contribution in [0.3, 0.4) is 0 Å². The molecular weight excluding hydrogens is 340 g/mol. The SMILES string of the molecule is Cc1noc(C)c1-c1cc(-c2ccc(-n3ccnc3)cc2)nc(N)c1C#N. The van der Waals surface area contributed by atoms with Crippen molar-refractivity contribution in [3.05, 3.63) is 66.1 Å². The van der Waals surface area contributed by atoms with Crippen molar-refractivity contribution < 1.29 is 4.52 Å². The van der Waals surface area contributed by atoms with Crippen molar-refractivity contribution in [3.8, 4) is 34.1 Å². The summed E-state index contributed by atoms with van der Waals surface area (Å²) in [6.45, 7) is 3.65. The molecule has 0 atom stereocenters. The highest BCUT2D eigenvalue weighted by Crippen LogP contribution is 2.34. The van der Waals surface area contributed by atoms with Crippen LogP contribution in [-0.4, -0.2) is 19.7 Å². The van der Waals surface area contributed by atoms with Gasteiger partial charge in [0.1, 0.15) is 23.2 Å². The molecular formula is C20H16N6O. The third-order valence-corrected chi connectivity index (χ3v) is 4.43. The van der Waals surface area contributed by atoms with Gasteiger partial charge >= 0.3 is 0 Å². The maximum atomic E-state index is 9.55. The number of pyridine rings is 1. The van der Waals surface area contributed by atoms with Gasteiger partial charge in [0, 0.05) is 34.8 Å². The molecule has 3 heterocycles. The first kappa shape index (κ1) is 16.5. The second-order valence-electron chi connectivity index (χ2n) is 6.14. The zero-order valence-electron chi connectivity index (χ0n) is 14.8. The van der Waals surface area contributed by atoms with Crippen molar-refractivity contribution in [1.29, 1.82) is 5.26 Å². The van der Waals surface area contributed by atoms with Gasteiger partial charge < -0.3 is 14.8 Å². The van der Waals surface area contributed by atoms with Gasteiger partial charge in [-0.15, -0.1) is 0 Å². The molecule has 1 aromatic carbocycles. The number of nitrogen functional groups attached to an aromatic ring is 1. The Hall–Kier alpha value is -3.92. The Kier molecular flexibility index (Phi) is 3.94. The smallest absolute Gasteiger partial charge is 0.142 e. The van der Waals surface area contributed by atoms with E-state index < -0.39 is 0 Å². The molecule has 132 valence electrons. The number of imidazole rings is 1. The normalized spacial score (nSPS) is 10.7.